The van der Waals surface area contributed by atoms with Gasteiger partial charge in [-0.3, -0.25) is 9.78 Å². The van der Waals surface area contributed by atoms with Crippen LogP contribution in [0.4, 0.5) is 0 Å². The Balaban J connectivity index is 1.53. The molecule has 0 radical (unpaired) electrons. The Morgan fingerprint density at radius 1 is 1.19 bits per heavy atom. The van der Waals surface area contributed by atoms with Gasteiger partial charge >= 0.3 is 0 Å². The van der Waals surface area contributed by atoms with E-state index in [1.165, 1.54) is 5.56 Å². The summed E-state index contributed by atoms with van der Waals surface area (Å²) in [6, 6.07) is 13.9. The molecule has 3 N–H and O–H groups in total. The van der Waals surface area contributed by atoms with Gasteiger partial charge in [0, 0.05) is 25.0 Å². The van der Waals surface area contributed by atoms with Gasteiger partial charge in [0.05, 0.1) is 0 Å². The summed E-state index contributed by atoms with van der Waals surface area (Å²) < 4.78 is 0. The van der Waals surface area contributed by atoms with E-state index < -0.39 is 0 Å². The third-order valence-electron chi connectivity index (χ3n) is 3.61. The Kier molecular flexibility index (Phi) is 4.23. The van der Waals surface area contributed by atoms with Crippen LogP contribution in [-0.2, 0) is 11.3 Å². The van der Waals surface area contributed by atoms with Crippen molar-refractivity contribution in [1.29, 1.82) is 0 Å². The number of carbonyl (C=O) groups is 1. The third kappa shape index (κ3) is 3.45. The molecule has 0 aliphatic carbocycles. The molecule has 0 saturated carbocycles. The molecule has 3 rings (SSSR count). The number of nitrogens with zero attached hydrogens (tertiary/aromatic N) is 1. The van der Waals surface area contributed by atoms with Crippen molar-refractivity contribution in [3.8, 4) is 0 Å². The Morgan fingerprint density at radius 2 is 2.05 bits per heavy atom. The Labute approximate surface area is 123 Å². The van der Waals surface area contributed by atoms with Gasteiger partial charge in [-0.25, -0.2) is 10.9 Å². The minimum Gasteiger partial charge on any atom is -0.351 e. The van der Waals surface area contributed by atoms with Crippen LogP contribution in [0.1, 0.15) is 23.6 Å². The number of hydrazine groups is 1. The summed E-state index contributed by atoms with van der Waals surface area (Å²) in [6.45, 7) is 0.501. The van der Waals surface area contributed by atoms with E-state index in [9.17, 15) is 4.79 Å². The second-order valence-electron chi connectivity index (χ2n) is 5.12. The highest BCUT2D eigenvalue weighted by atomic mass is 16.2. The largest absolute Gasteiger partial charge is 0.351 e. The van der Waals surface area contributed by atoms with E-state index in [1.807, 2.05) is 30.3 Å². The molecule has 108 valence electrons. The van der Waals surface area contributed by atoms with Crippen LogP contribution in [0.15, 0.2) is 54.9 Å². The molecular formula is C16H18N4O. The van der Waals surface area contributed by atoms with E-state index in [0.717, 1.165) is 12.0 Å². The summed E-state index contributed by atoms with van der Waals surface area (Å²) in [5.41, 5.74) is 8.43. The van der Waals surface area contributed by atoms with E-state index in [1.54, 1.807) is 12.4 Å². The van der Waals surface area contributed by atoms with Gasteiger partial charge < -0.3 is 5.32 Å². The first kappa shape index (κ1) is 13.7. The Hall–Kier alpha value is -2.24. The van der Waals surface area contributed by atoms with Gasteiger partial charge in [-0.15, -0.1) is 0 Å². The van der Waals surface area contributed by atoms with E-state index >= 15 is 0 Å². The van der Waals surface area contributed by atoms with Crippen molar-refractivity contribution in [2.24, 2.45) is 0 Å². The lowest BCUT2D eigenvalue weighted by Gasteiger charge is -2.10. The minimum absolute atomic E-state index is 0.00443. The van der Waals surface area contributed by atoms with Crippen LogP contribution in [-0.4, -0.2) is 16.9 Å². The molecule has 1 aliphatic heterocycles. The summed E-state index contributed by atoms with van der Waals surface area (Å²) in [6.07, 6.45) is 4.22. The number of benzene rings is 1. The number of carbonyl (C=O) groups excluding carboxylic acids is 1. The molecule has 0 bridgehead atoms. The van der Waals surface area contributed by atoms with Crippen molar-refractivity contribution in [3.63, 3.8) is 0 Å². The predicted octanol–water partition coefficient (Wildman–Crippen LogP) is 1.31. The molecule has 1 fully saturated rings. The lowest BCUT2D eigenvalue weighted by molar-refractivity contribution is -0.123. The first-order valence-electron chi connectivity index (χ1n) is 7.05. The minimum atomic E-state index is -0.216. The van der Waals surface area contributed by atoms with Crippen LogP contribution >= 0.6 is 0 Å². The van der Waals surface area contributed by atoms with Gasteiger partial charge in [0.15, 0.2) is 0 Å². The molecule has 1 aliphatic rings. The number of rotatable bonds is 4. The molecule has 1 aromatic carbocycles. The maximum Gasteiger partial charge on any atom is 0.238 e. The SMILES string of the molecule is O=C(NCc1cccnc1)C1CC(c2ccccc2)NN1. The third-order valence-corrected chi connectivity index (χ3v) is 3.61. The van der Waals surface area contributed by atoms with Crippen LogP contribution in [0, 0.1) is 0 Å². The quantitative estimate of drug-likeness (QED) is 0.791. The second-order valence-corrected chi connectivity index (χ2v) is 5.12. The van der Waals surface area contributed by atoms with Crippen LogP contribution in [0.25, 0.3) is 0 Å². The van der Waals surface area contributed by atoms with E-state index in [-0.39, 0.29) is 18.0 Å². The normalized spacial score (nSPS) is 21.1. The lowest BCUT2D eigenvalue weighted by Crippen LogP contribution is -2.42. The van der Waals surface area contributed by atoms with Gasteiger partial charge in [-0.1, -0.05) is 36.4 Å². The molecule has 2 unspecified atom stereocenters. The fourth-order valence-electron chi connectivity index (χ4n) is 2.45. The van der Waals surface area contributed by atoms with Crippen molar-refractivity contribution in [3.05, 3.63) is 66.0 Å². The van der Waals surface area contributed by atoms with E-state index in [0.29, 0.717) is 6.54 Å². The molecular weight excluding hydrogens is 264 g/mol. The molecule has 2 aromatic rings. The highest BCUT2D eigenvalue weighted by Crippen LogP contribution is 2.21. The molecule has 5 nitrogen and oxygen atoms in total. The Morgan fingerprint density at radius 3 is 2.81 bits per heavy atom. The van der Waals surface area contributed by atoms with Gasteiger partial charge in [-0.05, 0) is 23.6 Å². The molecule has 1 aromatic heterocycles. The van der Waals surface area contributed by atoms with Gasteiger partial charge in [-0.2, -0.15) is 0 Å². The maximum atomic E-state index is 12.2. The molecule has 21 heavy (non-hydrogen) atoms. The zero-order valence-electron chi connectivity index (χ0n) is 11.6. The lowest BCUT2D eigenvalue weighted by atomic mass is 10.0. The van der Waals surface area contributed by atoms with Crippen molar-refractivity contribution in [1.82, 2.24) is 21.2 Å². The summed E-state index contributed by atoms with van der Waals surface area (Å²) in [4.78, 5) is 16.2. The molecule has 1 amide bonds. The van der Waals surface area contributed by atoms with Crippen molar-refractivity contribution in [2.75, 3.05) is 0 Å². The van der Waals surface area contributed by atoms with Crippen LogP contribution in [0.5, 0.6) is 0 Å². The summed E-state index contributed by atoms with van der Waals surface area (Å²) >= 11 is 0. The van der Waals surface area contributed by atoms with Crippen LogP contribution in [0.2, 0.25) is 0 Å². The fourth-order valence-corrected chi connectivity index (χ4v) is 2.45. The molecule has 5 heteroatoms. The monoisotopic (exact) mass is 282 g/mol. The first-order valence-corrected chi connectivity index (χ1v) is 7.05. The van der Waals surface area contributed by atoms with Crippen LogP contribution < -0.4 is 16.2 Å². The summed E-state index contributed by atoms with van der Waals surface area (Å²) in [5, 5.41) is 2.93. The van der Waals surface area contributed by atoms with Crippen molar-refractivity contribution in [2.45, 2.75) is 25.0 Å². The fraction of sp³-hybridized carbons (Fsp3) is 0.250. The van der Waals surface area contributed by atoms with Crippen molar-refractivity contribution >= 4 is 5.91 Å². The topological polar surface area (TPSA) is 66.0 Å². The standard InChI is InChI=1S/C16H18N4O/c21-16(18-11-12-5-4-8-17-10-12)15-9-14(19-20-15)13-6-2-1-3-7-13/h1-8,10,14-15,19-20H,9,11H2,(H,18,21). The number of hydrogen-bond donors (Lipinski definition) is 3. The average Bonchev–Trinajstić information content (AvgIpc) is 3.04. The summed E-state index contributed by atoms with van der Waals surface area (Å²) in [5.74, 6) is 0.00443. The van der Waals surface area contributed by atoms with E-state index in [2.05, 4.69) is 33.3 Å². The molecule has 2 atom stereocenters. The molecule has 1 saturated heterocycles. The second kappa shape index (κ2) is 6.47. The average molecular weight is 282 g/mol. The summed E-state index contributed by atoms with van der Waals surface area (Å²) in [7, 11) is 0. The number of aromatic nitrogens is 1. The number of hydrogen-bond acceptors (Lipinski definition) is 4. The zero-order valence-corrected chi connectivity index (χ0v) is 11.6. The van der Waals surface area contributed by atoms with E-state index in [4.69, 9.17) is 0 Å². The van der Waals surface area contributed by atoms with Gasteiger partial charge in [0.2, 0.25) is 5.91 Å². The number of nitrogens with one attached hydrogen (secondary N) is 3. The number of pyridine rings is 1. The highest BCUT2D eigenvalue weighted by molar-refractivity contribution is 5.82. The van der Waals surface area contributed by atoms with Crippen LogP contribution in [0.3, 0.4) is 0 Å². The molecule has 2 heterocycles. The number of amides is 1. The predicted molar refractivity (Wildman–Crippen MR) is 79.9 cm³/mol. The van der Waals surface area contributed by atoms with Gasteiger partial charge in [0.1, 0.15) is 6.04 Å². The van der Waals surface area contributed by atoms with Crippen molar-refractivity contribution < 1.29 is 4.79 Å². The highest BCUT2D eigenvalue weighted by Gasteiger charge is 2.29. The van der Waals surface area contributed by atoms with Gasteiger partial charge in [0.25, 0.3) is 0 Å². The molecule has 0 spiro atoms. The smallest absolute Gasteiger partial charge is 0.238 e. The zero-order chi connectivity index (χ0) is 14.5. The first-order chi connectivity index (χ1) is 10.3. The Bertz CT molecular complexity index is 588. The maximum absolute atomic E-state index is 12.2.